The van der Waals surface area contributed by atoms with E-state index in [-0.39, 0.29) is 5.41 Å². The monoisotopic (exact) mass is 253 g/mol. The molecule has 0 aliphatic heterocycles. The number of hydrogen-bond acceptors (Lipinski definition) is 3. The molecule has 3 nitrogen and oxygen atoms in total. The molecule has 0 spiro atoms. The molecule has 0 atom stereocenters. The largest absolute Gasteiger partial charge is 0.259 e. The molecule has 0 unspecified atom stereocenters. The van der Waals surface area contributed by atoms with E-state index in [1.165, 1.54) is 6.26 Å². The summed E-state index contributed by atoms with van der Waals surface area (Å²) in [6.45, 7) is 5.96. The van der Waals surface area contributed by atoms with E-state index in [0.29, 0.717) is 16.5 Å². The lowest BCUT2D eigenvalue weighted by Crippen LogP contribution is -2.19. The summed E-state index contributed by atoms with van der Waals surface area (Å²) in [5.74, 6) is 0.525. The predicted octanol–water partition coefficient (Wildman–Crippen LogP) is 2.66. The average Bonchev–Trinajstić information content (AvgIpc) is 2.97. The molecule has 0 saturated heterocycles. The van der Waals surface area contributed by atoms with Gasteiger partial charge in [-0.25, -0.2) is 8.42 Å². The maximum atomic E-state index is 11.9. The van der Waals surface area contributed by atoms with Gasteiger partial charge in [0.2, 0.25) is 0 Å². The fourth-order valence-electron chi connectivity index (χ4n) is 1.95. The minimum atomic E-state index is -3.21. The Morgan fingerprint density at radius 1 is 1.29 bits per heavy atom. The van der Waals surface area contributed by atoms with Gasteiger partial charge in [-0.2, -0.15) is 0 Å². The van der Waals surface area contributed by atoms with Crippen LogP contribution in [0.3, 0.4) is 0 Å². The highest BCUT2D eigenvalue weighted by Gasteiger charge is 2.29. The van der Waals surface area contributed by atoms with Crippen molar-refractivity contribution in [1.82, 2.24) is 4.98 Å². The van der Waals surface area contributed by atoms with Crippen molar-refractivity contribution in [1.29, 1.82) is 0 Å². The number of aromatic nitrogens is 1. The van der Waals surface area contributed by atoms with E-state index in [4.69, 9.17) is 0 Å². The van der Waals surface area contributed by atoms with Crippen molar-refractivity contribution >= 4 is 9.84 Å². The Hall–Kier alpha value is -0.900. The topological polar surface area (TPSA) is 47.0 Å². The summed E-state index contributed by atoms with van der Waals surface area (Å²) in [6, 6.07) is 1.82. The van der Waals surface area contributed by atoms with Crippen LogP contribution in [0.1, 0.15) is 50.8 Å². The summed E-state index contributed by atoms with van der Waals surface area (Å²) >= 11 is 0. The molecule has 1 heterocycles. The zero-order valence-electron chi connectivity index (χ0n) is 10.8. The van der Waals surface area contributed by atoms with Gasteiger partial charge in [0, 0.05) is 17.9 Å². The first-order valence-electron chi connectivity index (χ1n) is 5.90. The van der Waals surface area contributed by atoms with Crippen molar-refractivity contribution in [3.63, 3.8) is 0 Å². The lowest BCUT2D eigenvalue weighted by Gasteiger charge is -2.21. The van der Waals surface area contributed by atoms with Crippen LogP contribution in [0.2, 0.25) is 0 Å². The maximum Gasteiger partial charge on any atom is 0.177 e. The third-order valence-corrected chi connectivity index (χ3v) is 4.14. The first-order valence-corrected chi connectivity index (χ1v) is 7.79. The molecule has 0 N–H and O–H groups in total. The van der Waals surface area contributed by atoms with Crippen molar-refractivity contribution in [3.05, 3.63) is 23.5 Å². The Labute approximate surface area is 103 Å². The Bertz CT molecular complexity index is 537. The van der Waals surface area contributed by atoms with E-state index in [9.17, 15) is 8.42 Å². The van der Waals surface area contributed by atoms with E-state index in [1.807, 2.05) is 33.0 Å². The highest BCUT2D eigenvalue weighted by molar-refractivity contribution is 7.90. The fraction of sp³-hybridized carbons (Fsp3) is 0.615. The summed E-state index contributed by atoms with van der Waals surface area (Å²) in [5, 5.41) is 0. The molecular formula is C13H19NO2S. The molecule has 0 amide bonds. The van der Waals surface area contributed by atoms with Gasteiger partial charge in [-0.05, 0) is 30.4 Å². The summed E-state index contributed by atoms with van der Waals surface area (Å²) in [6.07, 6.45) is 5.41. The second-order valence-corrected chi connectivity index (χ2v) is 7.90. The van der Waals surface area contributed by atoms with Crippen molar-refractivity contribution in [3.8, 4) is 0 Å². The standard InChI is InChI=1S/C13H19NO2S/c1-13(2,3)12-11(17(4,15)16)7-10(8-14-12)9-5-6-9/h7-9H,5-6H2,1-4H3. The van der Waals surface area contributed by atoms with E-state index < -0.39 is 9.84 Å². The molecule has 1 saturated carbocycles. The molecule has 17 heavy (non-hydrogen) atoms. The molecule has 0 radical (unpaired) electrons. The summed E-state index contributed by atoms with van der Waals surface area (Å²) < 4.78 is 23.7. The predicted molar refractivity (Wildman–Crippen MR) is 68.0 cm³/mol. The fourth-order valence-corrected chi connectivity index (χ4v) is 3.01. The van der Waals surface area contributed by atoms with Gasteiger partial charge in [0.15, 0.2) is 9.84 Å². The van der Waals surface area contributed by atoms with Crippen molar-refractivity contribution in [2.75, 3.05) is 6.26 Å². The molecule has 94 valence electrons. The second-order valence-electron chi connectivity index (χ2n) is 5.91. The minimum Gasteiger partial charge on any atom is -0.259 e. The van der Waals surface area contributed by atoms with Crippen LogP contribution in [0, 0.1) is 0 Å². The molecule has 0 bridgehead atoms. The average molecular weight is 253 g/mol. The molecule has 1 aliphatic rings. The van der Waals surface area contributed by atoms with Gasteiger partial charge in [-0.3, -0.25) is 4.98 Å². The molecular weight excluding hydrogens is 234 g/mol. The summed E-state index contributed by atoms with van der Waals surface area (Å²) in [4.78, 5) is 4.80. The highest BCUT2D eigenvalue weighted by Crippen LogP contribution is 2.41. The number of pyridine rings is 1. The van der Waals surface area contributed by atoms with Gasteiger partial charge in [0.25, 0.3) is 0 Å². The first kappa shape index (κ1) is 12.6. The van der Waals surface area contributed by atoms with Crippen LogP contribution in [0.25, 0.3) is 0 Å². The van der Waals surface area contributed by atoms with Crippen LogP contribution in [0.5, 0.6) is 0 Å². The Balaban J connectivity index is 2.60. The second kappa shape index (κ2) is 3.80. The van der Waals surface area contributed by atoms with Crippen molar-refractivity contribution in [2.24, 2.45) is 0 Å². The van der Waals surface area contributed by atoms with Crippen LogP contribution in [-0.2, 0) is 15.3 Å². The molecule has 1 aromatic heterocycles. The van der Waals surface area contributed by atoms with Gasteiger partial charge in [0.1, 0.15) is 0 Å². The van der Waals surface area contributed by atoms with Crippen molar-refractivity contribution < 1.29 is 8.42 Å². The molecule has 1 aliphatic carbocycles. The third-order valence-electron chi connectivity index (χ3n) is 3.03. The molecule has 2 rings (SSSR count). The van der Waals surface area contributed by atoms with Crippen LogP contribution in [0.15, 0.2) is 17.2 Å². The van der Waals surface area contributed by atoms with Gasteiger partial charge in [-0.1, -0.05) is 20.8 Å². The summed E-state index contributed by atoms with van der Waals surface area (Å²) in [5.41, 5.74) is 1.49. The molecule has 0 aromatic carbocycles. The third kappa shape index (κ3) is 2.68. The van der Waals surface area contributed by atoms with Crippen molar-refractivity contribution in [2.45, 2.75) is 49.8 Å². The lowest BCUT2D eigenvalue weighted by atomic mass is 9.91. The molecule has 4 heteroatoms. The van der Waals surface area contributed by atoms with Crippen LogP contribution in [0.4, 0.5) is 0 Å². The minimum absolute atomic E-state index is 0.250. The smallest absolute Gasteiger partial charge is 0.177 e. The SMILES string of the molecule is CC(C)(C)c1ncc(C2CC2)cc1S(C)(=O)=O. The Kier molecular flexibility index (Phi) is 2.81. The lowest BCUT2D eigenvalue weighted by molar-refractivity contribution is 0.543. The maximum absolute atomic E-state index is 11.9. The molecule has 1 aromatic rings. The quantitative estimate of drug-likeness (QED) is 0.814. The Morgan fingerprint density at radius 2 is 1.88 bits per heavy atom. The van der Waals surface area contributed by atoms with Gasteiger partial charge in [-0.15, -0.1) is 0 Å². The van der Waals surface area contributed by atoms with Crippen LogP contribution in [-0.4, -0.2) is 19.7 Å². The van der Waals surface area contributed by atoms with Crippen LogP contribution < -0.4 is 0 Å². The zero-order chi connectivity index (χ0) is 12.8. The number of rotatable bonds is 2. The van der Waals surface area contributed by atoms with Gasteiger partial charge < -0.3 is 0 Å². The number of sulfone groups is 1. The molecule has 1 fully saturated rings. The van der Waals surface area contributed by atoms with Gasteiger partial charge >= 0.3 is 0 Å². The van der Waals surface area contributed by atoms with E-state index in [2.05, 4.69) is 4.98 Å². The van der Waals surface area contributed by atoms with E-state index in [1.54, 1.807) is 0 Å². The van der Waals surface area contributed by atoms with E-state index >= 15 is 0 Å². The van der Waals surface area contributed by atoms with Crippen LogP contribution >= 0.6 is 0 Å². The normalized spacial score (nSPS) is 17.2. The number of nitrogens with zero attached hydrogens (tertiary/aromatic N) is 1. The highest BCUT2D eigenvalue weighted by atomic mass is 32.2. The zero-order valence-corrected chi connectivity index (χ0v) is 11.6. The van der Waals surface area contributed by atoms with E-state index in [0.717, 1.165) is 18.4 Å². The number of hydrogen-bond donors (Lipinski definition) is 0. The Morgan fingerprint density at radius 3 is 2.29 bits per heavy atom. The summed E-state index contributed by atoms with van der Waals surface area (Å²) in [7, 11) is -3.21. The first-order chi connectivity index (χ1) is 7.69. The van der Waals surface area contributed by atoms with Gasteiger partial charge in [0.05, 0.1) is 10.6 Å².